The molecule has 0 spiro atoms. The number of anilines is 1. The number of thiazole rings is 1. The summed E-state index contributed by atoms with van der Waals surface area (Å²) in [6.45, 7) is 1.58. The SMILES string of the molecule is CN(Cc1cscn1)Cc1cc2ccccc2nc1N. The minimum Gasteiger partial charge on any atom is -0.383 e. The summed E-state index contributed by atoms with van der Waals surface area (Å²) in [7, 11) is 2.06. The van der Waals surface area contributed by atoms with Crippen LogP contribution in [-0.2, 0) is 13.1 Å². The molecule has 102 valence electrons. The molecular formula is C15H16N4S. The van der Waals surface area contributed by atoms with Crippen LogP contribution in [0.3, 0.4) is 0 Å². The van der Waals surface area contributed by atoms with E-state index >= 15 is 0 Å². The van der Waals surface area contributed by atoms with Gasteiger partial charge in [0.25, 0.3) is 0 Å². The van der Waals surface area contributed by atoms with Crippen LogP contribution >= 0.6 is 11.3 Å². The van der Waals surface area contributed by atoms with E-state index in [2.05, 4.69) is 39.4 Å². The minimum absolute atomic E-state index is 0.605. The van der Waals surface area contributed by atoms with Gasteiger partial charge in [-0.25, -0.2) is 9.97 Å². The van der Waals surface area contributed by atoms with Gasteiger partial charge >= 0.3 is 0 Å². The van der Waals surface area contributed by atoms with Gasteiger partial charge in [-0.15, -0.1) is 11.3 Å². The first-order valence-corrected chi connectivity index (χ1v) is 7.36. The number of fused-ring (bicyclic) bond motifs is 1. The Balaban J connectivity index is 1.81. The molecule has 2 aromatic heterocycles. The van der Waals surface area contributed by atoms with Crippen LogP contribution in [0.25, 0.3) is 10.9 Å². The van der Waals surface area contributed by atoms with Crippen LogP contribution in [0.4, 0.5) is 5.82 Å². The quantitative estimate of drug-likeness (QED) is 0.800. The monoisotopic (exact) mass is 284 g/mol. The van der Waals surface area contributed by atoms with Crippen LogP contribution in [0.2, 0.25) is 0 Å². The van der Waals surface area contributed by atoms with Crippen LogP contribution < -0.4 is 5.73 Å². The molecule has 0 atom stereocenters. The topological polar surface area (TPSA) is 55.0 Å². The zero-order valence-electron chi connectivity index (χ0n) is 11.3. The second kappa shape index (κ2) is 5.56. The molecule has 0 aliphatic carbocycles. The zero-order chi connectivity index (χ0) is 13.9. The summed E-state index contributed by atoms with van der Waals surface area (Å²) in [4.78, 5) is 11.0. The van der Waals surface area contributed by atoms with E-state index in [1.54, 1.807) is 11.3 Å². The number of nitrogens with two attached hydrogens (primary N) is 1. The number of rotatable bonds is 4. The van der Waals surface area contributed by atoms with Gasteiger partial charge in [0.15, 0.2) is 0 Å². The molecule has 0 radical (unpaired) electrons. The standard InChI is InChI=1S/C15H16N4S/c1-19(8-13-9-20-10-17-13)7-12-6-11-4-2-3-5-14(11)18-15(12)16/h2-6,9-10H,7-8H2,1H3,(H2,16,18). The Morgan fingerprint density at radius 2 is 2.10 bits per heavy atom. The van der Waals surface area contributed by atoms with E-state index in [1.165, 1.54) is 0 Å². The van der Waals surface area contributed by atoms with Crippen molar-refractivity contribution < 1.29 is 0 Å². The molecule has 0 aliphatic rings. The van der Waals surface area contributed by atoms with Crippen molar-refractivity contribution in [1.29, 1.82) is 0 Å². The highest BCUT2D eigenvalue weighted by Gasteiger charge is 2.08. The molecule has 0 amide bonds. The van der Waals surface area contributed by atoms with E-state index in [1.807, 2.05) is 23.7 Å². The van der Waals surface area contributed by atoms with Crippen molar-refractivity contribution in [2.45, 2.75) is 13.1 Å². The van der Waals surface area contributed by atoms with Crippen molar-refractivity contribution >= 4 is 28.1 Å². The molecule has 0 saturated carbocycles. The number of hydrogen-bond acceptors (Lipinski definition) is 5. The van der Waals surface area contributed by atoms with E-state index in [9.17, 15) is 0 Å². The summed E-state index contributed by atoms with van der Waals surface area (Å²) >= 11 is 1.62. The lowest BCUT2D eigenvalue weighted by molar-refractivity contribution is 0.316. The van der Waals surface area contributed by atoms with Gasteiger partial charge in [-0.3, -0.25) is 4.90 Å². The smallest absolute Gasteiger partial charge is 0.128 e. The number of nitrogen functional groups attached to an aromatic ring is 1. The first-order chi connectivity index (χ1) is 9.72. The Labute approximate surface area is 121 Å². The average molecular weight is 284 g/mol. The highest BCUT2D eigenvalue weighted by atomic mass is 32.1. The van der Waals surface area contributed by atoms with Crippen LogP contribution in [0.15, 0.2) is 41.2 Å². The molecule has 0 saturated heterocycles. The van der Waals surface area contributed by atoms with Crippen molar-refractivity contribution in [1.82, 2.24) is 14.9 Å². The summed E-state index contributed by atoms with van der Waals surface area (Å²) in [5, 5.41) is 3.19. The van der Waals surface area contributed by atoms with Gasteiger partial charge in [-0.1, -0.05) is 18.2 Å². The van der Waals surface area contributed by atoms with E-state index in [0.717, 1.165) is 35.2 Å². The van der Waals surface area contributed by atoms with E-state index in [-0.39, 0.29) is 0 Å². The molecule has 5 heteroatoms. The molecule has 2 N–H and O–H groups in total. The molecule has 3 rings (SSSR count). The molecule has 3 aromatic rings. The maximum atomic E-state index is 6.06. The lowest BCUT2D eigenvalue weighted by atomic mass is 10.1. The minimum atomic E-state index is 0.605. The van der Waals surface area contributed by atoms with Crippen molar-refractivity contribution in [2.24, 2.45) is 0 Å². The lowest BCUT2D eigenvalue weighted by Crippen LogP contribution is -2.18. The van der Waals surface area contributed by atoms with Gasteiger partial charge in [0, 0.05) is 29.4 Å². The van der Waals surface area contributed by atoms with Crippen LogP contribution in [0.5, 0.6) is 0 Å². The van der Waals surface area contributed by atoms with Crippen molar-refractivity contribution in [2.75, 3.05) is 12.8 Å². The summed E-state index contributed by atoms with van der Waals surface area (Å²) in [5.74, 6) is 0.605. The van der Waals surface area contributed by atoms with Gasteiger partial charge in [0.1, 0.15) is 5.82 Å². The normalized spacial score (nSPS) is 11.3. The van der Waals surface area contributed by atoms with Crippen molar-refractivity contribution in [3.8, 4) is 0 Å². The van der Waals surface area contributed by atoms with E-state index in [4.69, 9.17) is 5.73 Å². The molecule has 2 heterocycles. The first kappa shape index (κ1) is 13.0. The molecule has 1 aromatic carbocycles. The fraction of sp³-hybridized carbons (Fsp3) is 0.200. The number of nitrogens with zero attached hydrogens (tertiary/aromatic N) is 3. The molecule has 0 aliphatic heterocycles. The number of hydrogen-bond donors (Lipinski definition) is 1. The van der Waals surface area contributed by atoms with Gasteiger partial charge < -0.3 is 5.73 Å². The third-order valence-corrected chi connectivity index (χ3v) is 3.83. The predicted octanol–water partition coefficient (Wildman–Crippen LogP) is 2.91. The molecule has 0 unspecified atom stereocenters. The Morgan fingerprint density at radius 1 is 1.25 bits per heavy atom. The highest BCUT2D eigenvalue weighted by Crippen LogP contribution is 2.20. The lowest BCUT2D eigenvalue weighted by Gasteiger charge is -2.16. The van der Waals surface area contributed by atoms with Crippen LogP contribution in [0, 0.1) is 0 Å². The number of aromatic nitrogens is 2. The maximum absolute atomic E-state index is 6.06. The molecule has 0 bridgehead atoms. The molecular weight excluding hydrogens is 268 g/mol. The van der Waals surface area contributed by atoms with Crippen molar-refractivity contribution in [3.05, 3.63) is 52.5 Å². The van der Waals surface area contributed by atoms with E-state index in [0.29, 0.717) is 5.82 Å². The van der Waals surface area contributed by atoms with Gasteiger partial charge in [-0.05, 0) is 19.2 Å². The summed E-state index contributed by atoms with van der Waals surface area (Å²) in [5.41, 5.74) is 11.0. The largest absolute Gasteiger partial charge is 0.383 e. The Hall–Kier alpha value is -1.98. The maximum Gasteiger partial charge on any atom is 0.128 e. The van der Waals surface area contributed by atoms with Crippen LogP contribution in [-0.4, -0.2) is 21.9 Å². The van der Waals surface area contributed by atoms with Gasteiger partial charge in [0.05, 0.1) is 16.7 Å². The third-order valence-electron chi connectivity index (χ3n) is 3.19. The molecule has 20 heavy (non-hydrogen) atoms. The summed E-state index contributed by atoms with van der Waals surface area (Å²) < 4.78 is 0. The third kappa shape index (κ3) is 2.79. The fourth-order valence-electron chi connectivity index (χ4n) is 2.24. The predicted molar refractivity (Wildman–Crippen MR) is 83.4 cm³/mol. The Kier molecular flexibility index (Phi) is 3.62. The average Bonchev–Trinajstić information content (AvgIpc) is 2.92. The molecule has 0 fully saturated rings. The van der Waals surface area contributed by atoms with Crippen molar-refractivity contribution in [3.63, 3.8) is 0 Å². The Bertz CT molecular complexity index is 709. The summed E-state index contributed by atoms with van der Waals surface area (Å²) in [6, 6.07) is 10.2. The number of para-hydroxylation sites is 1. The zero-order valence-corrected chi connectivity index (χ0v) is 12.1. The number of pyridine rings is 1. The Morgan fingerprint density at radius 3 is 2.90 bits per heavy atom. The van der Waals surface area contributed by atoms with Gasteiger partial charge in [-0.2, -0.15) is 0 Å². The number of benzene rings is 1. The second-order valence-corrected chi connectivity index (χ2v) is 5.60. The van der Waals surface area contributed by atoms with Gasteiger partial charge in [0.2, 0.25) is 0 Å². The van der Waals surface area contributed by atoms with E-state index < -0.39 is 0 Å². The molecule has 4 nitrogen and oxygen atoms in total. The highest BCUT2D eigenvalue weighted by molar-refractivity contribution is 7.07. The van der Waals surface area contributed by atoms with Crippen LogP contribution in [0.1, 0.15) is 11.3 Å². The fourth-order valence-corrected chi connectivity index (χ4v) is 2.79. The first-order valence-electron chi connectivity index (χ1n) is 6.42. The second-order valence-electron chi connectivity index (χ2n) is 4.88. The summed E-state index contributed by atoms with van der Waals surface area (Å²) in [6.07, 6.45) is 0.